The number of halogens is 1. The zero-order valence-corrected chi connectivity index (χ0v) is 17.6. The number of piperazine rings is 1. The molecule has 7 nitrogen and oxygen atoms in total. The van der Waals surface area contributed by atoms with Crippen LogP contribution in [-0.4, -0.2) is 57.4 Å². The number of aromatic amines is 1. The van der Waals surface area contributed by atoms with E-state index >= 15 is 0 Å². The summed E-state index contributed by atoms with van der Waals surface area (Å²) >= 11 is 3.38. The number of hydrogen-bond acceptors (Lipinski definition) is 4. The summed E-state index contributed by atoms with van der Waals surface area (Å²) in [7, 11) is 0. The number of nitrogens with zero attached hydrogens (tertiary/aromatic N) is 3. The fraction of sp³-hybridized carbons (Fsp3) is 0.182. The molecule has 4 rings (SSSR count). The molecule has 1 fully saturated rings. The quantitative estimate of drug-likeness (QED) is 0.585. The molecular formula is C22H19BrN4O3. The zero-order chi connectivity index (χ0) is 21.1. The number of aromatic nitrogens is 2. The number of amides is 3. The van der Waals surface area contributed by atoms with Crippen LogP contribution in [-0.2, 0) is 16.0 Å². The Balaban J connectivity index is 1.41. The van der Waals surface area contributed by atoms with E-state index in [2.05, 4.69) is 26.1 Å². The molecule has 3 aromatic rings. The lowest BCUT2D eigenvalue weighted by molar-refractivity contribution is -0.150. The molecule has 0 unspecified atom stereocenters. The number of imide groups is 1. The van der Waals surface area contributed by atoms with Crippen LogP contribution in [0, 0.1) is 0 Å². The van der Waals surface area contributed by atoms with Crippen molar-refractivity contribution in [3.8, 4) is 11.3 Å². The molecule has 0 atom stereocenters. The summed E-state index contributed by atoms with van der Waals surface area (Å²) in [6, 6.07) is 18.8. The van der Waals surface area contributed by atoms with Crippen molar-refractivity contribution >= 4 is 33.7 Å². The van der Waals surface area contributed by atoms with Gasteiger partial charge < -0.3 is 4.90 Å². The molecule has 0 saturated carbocycles. The van der Waals surface area contributed by atoms with Gasteiger partial charge in [0, 0.05) is 16.6 Å². The average molecular weight is 467 g/mol. The van der Waals surface area contributed by atoms with Gasteiger partial charge in [-0.15, -0.1) is 0 Å². The van der Waals surface area contributed by atoms with Crippen molar-refractivity contribution in [2.75, 3.05) is 19.6 Å². The molecule has 1 aliphatic rings. The molecule has 8 heteroatoms. The molecule has 152 valence electrons. The summed E-state index contributed by atoms with van der Waals surface area (Å²) < 4.78 is 0.945. The highest BCUT2D eigenvalue weighted by Crippen LogP contribution is 2.21. The van der Waals surface area contributed by atoms with Crippen molar-refractivity contribution in [2.45, 2.75) is 6.42 Å². The smallest absolute Gasteiger partial charge is 0.272 e. The number of hydrogen-bond donors (Lipinski definition) is 1. The Kier molecular flexibility index (Phi) is 5.76. The van der Waals surface area contributed by atoms with Crippen LogP contribution in [0.25, 0.3) is 11.3 Å². The van der Waals surface area contributed by atoms with Crippen molar-refractivity contribution in [1.29, 1.82) is 0 Å². The second-order valence-electron chi connectivity index (χ2n) is 7.01. The first-order valence-electron chi connectivity index (χ1n) is 9.49. The van der Waals surface area contributed by atoms with Gasteiger partial charge in [-0.05, 0) is 30.2 Å². The monoisotopic (exact) mass is 466 g/mol. The largest absolute Gasteiger partial charge is 0.319 e. The number of benzene rings is 2. The molecule has 2 heterocycles. The molecule has 0 radical (unpaired) electrons. The predicted octanol–water partition coefficient (Wildman–Crippen LogP) is 2.89. The normalized spacial score (nSPS) is 14.3. The van der Waals surface area contributed by atoms with E-state index in [1.54, 1.807) is 6.07 Å². The van der Waals surface area contributed by atoms with E-state index in [9.17, 15) is 14.4 Å². The van der Waals surface area contributed by atoms with Gasteiger partial charge in [0.25, 0.3) is 5.91 Å². The third kappa shape index (κ3) is 4.33. The van der Waals surface area contributed by atoms with E-state index in [1.807, 2.05) is 54.6 Å². The maximum atomic E-state index is 12.8. The Bertz CT molecular complexity index is 1060. The van der Waals surface area contributed by atoms with Gasteiger partial charge in [0.2, 0.25) is 11.8 Å². The maximum absolute atomic E-state index is 12.8. The van der Waals surface area contributed by atoms with Gasteiger partial charge in [0.15, 0.2) is 0 Å². The van der Waals surface area contributed by atoms with Gasteiger partial charge in [-0.3, -0.25) is 24.4 Å². The van der Waals surface area contributed by atoms with Gasteiger partial charge >= 0.3 is 0 Å². The third-order valence-electron chi connectivity index (χ3n) is 4.96. The lowest BCUT2D eigenvalue weighted by Crippen LogP contribution is -2.56. The van der Waals surface area contributed by atoms with Crippen molar-refractivity contribution in [2.24, 2.45) is 0 Å². The number of H-pyrrole nitrogens is 1. The summed E-state index contributed by atoms with van der Waals surface area (Å²) in [6.45, 7) is 0.0412. The first-order valence-corrected chi connectivity index (χ1v) is 10.3. The fourth-order valence-electron chi connectivity index (χ4n) is 3.34. The van der Waals surface area contributed by atoms with Crippen molar-refractivity contribution in [3.05, 3.63) is 76.4 Å². The van der Waals surface area contributed by atoms with Crippen molar-refractivity contribution < 1.29 is 14.4 Å². The number of nitrogens with one attached hydrogen (secondary N) is 1. The van der Waals surface area contributed by atoms with Crippen LogP contribution >= 0.6 is 15.9 Å². The summed E-state index contributed by atoms with van der Waals surface area (Å²) in [5.74, 6) is -1.17. The highest BCUT2D eigenvalue weighted by molar-refractivity contribution is 9.10. The van der Waals surface area contributed by atoms with E-state index in [4.69, 9.17) is 0 Å². The fourth-order valence-corrected chi connectivity index (χ4v) is 3.61. The van der Waals surface area contributed by atoms with Gasteiger partial charge in [-0.25, -0.2) is 0 Å². The number of carbonyl (C=O) groups is 3. The van der Waals surface area contributed by atoms with Gasteiger partial charge in [0.05, 0.1) is 5.69 Å². The van der Waals surface area contributed by atoms with Gasteiger partial charge in [-0.1, -0.05) is 58.4 Å². The van der Waals surface area contributed by atoms with E-state index in [0.717, 1.165) is 15.6 Å². The first kappa shape index (κ1) is 20.0. The van der Waals surface area contributed by atoms with Crippen LogP contribution in [0.2, 0.25) is 0 Å². The summed E-state index contributed by atoms with van der Waals surface area (Å²) in [5, 5.41) is 6.89. The van der Waals surface area contributed by atoms with Crippen LogP contribution in [0.15, 0.2) is 65.1 Å². The standard InChI is InChI=1S/C22H19BrN4O3/c23-17-8-6-16(7-9-17)18-12-19(25-24-18)22(30)26-13-20(28)27(21(29)14-26)11-10-15-4-2-1-3-5-15/h1-9,12H,10-11,13-14H2,(H,24,25). The molecule has 1 aliphatic heterocycles. The third-order valence-corrected chi connectivity index (χ3v) is 5.49. The molecule has 0 aliphatic carbocycles. The molecule has 3 amide bonds. The zero-order valence-electron chi connectivity index (χ0n) is 16.0. The van der Waals surface area contributed by atoms with Crippen LogP contribution in [0.3, 0.4) is 0 Å². The van der Waals surface area contributed by atoms with Crippen LogP contribution in [0.4, 0.5) is 0 Å². The maximum Gasteiger partial charge on any atom is 0.272 e. The topological polar surface area (TPSA) is 86.4 Å². The predicted molar refractivity (Wildman–Crippen MR) is 114 cm³/mol. The number of carbonyl (C=O) groups excluding carboxylic acids is 3. The van der Waals surface area contributed by atoms with Crippen LogP contribution in [0.5, 0.6) is 0 Å². The minimum atomic E-state index is -0.421. The summed E-state index contributed by atoms with van der Waals surface area (Å²) in [5.41, 5.74) is 2.76. The van der Waals surface area contributed by atoms with Gasteiger partial charge in [0.1, 0.15) is 18.8 Å². The van der Waals surface area contributed by atoms with E-state index in [-0.39, 0.29) is 30.6 Å². The Morgan fingerprint density at radius 2 is 1.67 bits per heavy atom. The van der Waals surface area contributed by atoms with E-state index in [0.29, 0.717) is 18.7 Å². The summed E-state index contributed by atoms with van der Waals surface area (Å²) in [6.07, 6.45) is 0.587. The van der Waals surface area contributed by atoms with Gasteiger partial charge in [-0.2, -0.15) is 5.10 Å². The molecule has 2 aromatic carbocycles. The molecular weight excluding hydrogens is 448 g/mol. The highest BCUT2D eigenvalue weighted by Gasteiger charge is 2.34. The molecule has 1 N–H and O–H groups in total. The van der Waals surface area contributed by atoms with Crippen molar-refractivity contribution in [1.82, 2.24) is 20.0 Å². The highest BCUT2D eigenvalue weighted by atomic mass is 79.9. The van der Waals surface area contributed by atoms with Crippen molar-refractivity contribution in [3.63, 3.8) is 0 Å². The van der Waals surface area contributed by atoms with E-state index < -0.39 is 5.91 Å². The Morgan fingerprint density at radius 1 is 1.00 bits per heavy atom. The van der Waals surface area contributed by atoms with E-state index in [1.165, 1.54) is 9.80 Å². The second kappa shape index (κ2) is 8.62. The average Bonchev–Trinajstić information content (AvgIpc) is 3.24. The molecule has 0 spiro atoms. The van der Waals surface area contributed by atoms with Crippen LogP contribution in [0.1, 0.15) is 16.1 Å². The Hall–Kier alpha value is -3.26. The SMILES string of the molecule is O=C(c1cc(-c2ccc(Br)cc2)n[nH]1)N1CC(=O)N(CCc2ccccc2)C(=O)C1. The Labute approximate surface area is 181 Å². The first-order chi connectivity index (χ1) is 14.5. The Morgan fingerprint density at radius 3 is 2.33 bits per heavy atom. The summed E-state index contributed by atoms with van der Waals surface area (Å²) in [4.78, 5) is 40.3. The molecule has 1 aromatic heterocycles. The minimum absolute atomic E-state index is 0.133. The molecule has 1 saturated heterocycles. The number of rotatable bonds is 5. The van der Waals surface area contributed by atoms with Crippen LogP contribution < -0.4 is 0 Å². The lowest BCUT2D eigenvalue weighted by atomic mass is 10.1. The second-order valence-corrected chi connectivity index (χ2v) is 7.93. The molecule has 0 bridgehead atoms. The molecule has 30 heavy (non-hydrogen) atoms. The minimum Gasteiger partial charge on any atom is -0.319 e. The lowest BCUT2D eigenvalue weighted by Gasteiger charge is -2.32.